The molecule has 0 aromatic carbocycles. The molecule has 1 aliphatic rings. The molecule has 1 amide bonds. The van der Waals surface area contributed by atoms with E-state index in [0.29, 0.717) is 25.4 Å². The van der Waals surface area contributed by atoms with Crippen molar-refractivity contribution in [1.82, 2.24) is 4.90 Å². The standard InChI is InChI=1S/C10H19NO2/c1-4-8(2)5-9(12)11-6-10(3,13)7-11/h8,13H,4-7H2,1-3H3. The van der Waals surface area contributed by atoms with Gasteiger partial charge in [0.1, 0.15) is 0 Å². The average Bonchev–Trinajstić information content (AvgIpc) is 1.99. The van der Waals surface area contributed by atoms with Gasteiger partial charge in [-0.25, -0.2) is 0 Å². The van der Waals surface area contributed by atoms with Gasteiger partial charge in [0.2, 0.25) is 5.91 Å². The van der Waals surface area contributed by atoms with Gasteiger partial charge >= 0.3 is 0 Å². The number of aliphatic hydroxyl groups is 1. The van der Waals surface area contributed by atoms with Crippen LogP contribution in [0.4, 0.5) is 0 Å². The van der Waals surface area contributed by atoms with Crippen molar-refractivity contribution in [3.05, 3.63) is 0 Å². The maximum Gasteiger partial charge on any atom is 0.223 e. The number of carbonyl (C=O) groups excluding carboxylic acids is 1. The normalized spacial score (nSPS) is 22.3. The van der Waals surface area contributed by atoms with Gasteiger partial charge in [-0.1, -0.05) is 20.3 Å². The summed E-state index contributed by atoms with van der Waals surface area (Å²) in [6, 6.07) is 0. The van der Waals surface area contributed by atoms with Crippen LogP contribution in [0, 0.1) is 5.92 Å². The molecule has 3 heteroatoms. The number of likely N-dealkylation sites (tertiary alicyclic amines) is 1. The largest absolute Gasteiger partial charge is 0.386 e. The van der Waals surface area contributed by atoms with E-state index in [1.54, 1.807) is 11.8 Å². The summed E-state index contributed by atoms with van der Waals surface area (Å²) < 4.78 is 0. The summed E-state index contributed by atoms with van der Waals surface area (Å²) in [5.41, 5.74) is -0.634. The predicted octanol–water partition coefficient (Wildman–Crippen LogP) is 1.02. The molecule has 0 radical (unpaired) electrons. The van der Waals surface area contributed by atoms with Crippen LogP contribution in [0.2, 0.25) is 0 Å². The monoisotopic (exact) mass is 185 g/mol. The Kier molecular flexibility index (Phi) is 2.96. The maximum atomic E-state index is 11.5. The second kappa shape index (κ2) is 3.66. The Morgan fingerprint density at radius 3 is 2.54 bits per heavy atom. The molecule has 0 aromatic rings. The zero-order chi connectivity index (χ0) is 10.1. The van der Waals surface area contributed by atoms with E-state index in [2.05, 4.69) is 13.8 Å². The van der Waals surface area contributed by atoms with Crippen molar-refractivity contribution < 1.29 is 9.90 Å². The Labute approximate surface area is 79.7 Å². The third kappa shape index (κ3) is 2.69. The lowest BCUT2D eigenvalue weighted by Crippen LogP contribution is -2.61. The van der Waals surface area contributed by atoms with Gasteiger partial charge in [-0.15, -0.1) is 0 Å². The number of nitrogens with zero attached hydrogens (tertiary/aromatic N) is 1. The van der Waals surface area contributed by atoms with Crippen LogP contribution in [0.5, 0.6) is 0 Å². The molecule has 1 aliphatic heterocycles. The van der Waals surface area contributed by atoms with Crippen molar-refractivity contribution in [3.63, 3.8) is 0 Å². The maximum absolute atomic E-state index is 11.5. The van der Waals surface area contributed by atoms with Gasteiger partial charge in [-0.2, -0.15) is 0 Å². The van der Waals surface area contributed by atoms with Gasteiger partial charge in [0, 0.05) is 6.42 Å². The topological polar surface area (TPSA) is 40.5 Å². The van der Waals surface area contributed by atoms with Crippen molar-refractivity contribution in [2.24, 2.45) is 5.92 Å². The average molecular weight is 185 g/mol. The molecule has 1 heterocycles. The third-order valence-corrected chi connectivity index (χ3v) is 2.64. The third-order valence-electron chi connectivity index (χ3n) is 2.64. The van der Waals surface area contributed by atoms with Crippen molar-refractivity contribution in [2.75, 3.05) is 13.1 Å². The predicted molar refractivity (Wildman–Crippen MR) is 51.3 cm³/mol. The van der Waals surface area contributed by atoms with Crippen LogP contribution >= 0.6 is 0 Å². The fraction of sp³-hybridized carbons (Fsp3) is 0.900. The Hall–Kier alpha value is -0.570. The number of rotatable bonds is 3. The first-order valence-corrected chi connectivity index (χ1v) is 4.95. The van der Waals surface area contributed by atoms with E-state index in [9.17, 15) is 9.90 Å². The highest BCUT2D eigenvalue weighted by Gasteiger charge is 2.39. The summed E-state index contributed by atoms with van der Waals surface area (Å²) in [6.07, 6.45) is 1.66. The van der Waals surface area contributed by atoms with Crippen LogP contribution in [0.3, 0.4) is 0 Å². The lowest BCUT2D eigenvalue weighted by molar-refractivity contribution is -0.153. The van der Waals surface area contributed by atoms with Gasteiger partial charge in [0.15, 0.2) is 0 Å². The summed E-state index contributed by atoms with van der Waals surface area (Å²) in [4.78, 5) is 13.2. The smallest absolute Gasteiger partial charge is 0.223 e. The molecule has 1 fully saturated rings. The van der Waals surface area contributed by atoms with E-state index in [4.69, 9.17) is 0 Å². The van der Waals surface area contributed by atoms with E-state index < -0.39 is 5.60 Å². The minimum absolute atomic E-state index is 0.181. The molecule has 0 spiro atoms. The summed E-state index contributed by atoms with van der Waals surface area (Å²) in [5, 5.41) is 9.43. The fourth-order valence-electron chi connectivity index (χ4n) is 1.52. The Balaban J connectivity index is 2.27. The SMILES string of the molecule is CCC(C)CC(=O)N1CC(C)(O)C1. The van der Waals surface area contributed by atoms with Crippen molar-refractivity contribution >= 4 is 5.91 Å². The summed E-state index contributed by atoms with van der Waals surface area (Å²) in [6.45, 7) is 6.94. The zero-order valence-electron chi connectivity index (χ0n) is 8.71. The van der Waals surface area contributed by atoms with E-state index in [0.717, 1.165) is 6.42 Å². The van der Waals surface area contributed by atoms with E-state index in [-0.39, 0.29) is 5.91 Å². The van der Waals surface area contributed by atoms with Gasteiger partial charge in [-0.3, -0.25) is 4.79 Å². The Bertz CT molecular complexity index is 193. The molecular formula is C10H19NO2. The van der Waals surface area contributed by atoms with Crippen LogP contribution in [-0.4, -0.2) is 34.6 Å². The van der Waals surface area contributed by atoms with E-state index in [1.807, 2.05) is 0 Å². The minimum atomic E-state index is -0.634. The highest BCUT2D eigenvalue weighted by Crippen LogP contribution is 2.22. The molecule has 1 atom stereocenters. The van der Waals surface area contributed by atoms with Crippen LogP contribution in [0.25, 0.3) is 0 Å². The number of carbonyl (C=O) groups is 1. The molecule has 0 bridgehead atoms. The van der Waals surface area contributed by atoms with Gasteiger partial charge in [0.25, 0.3) is 0 Å². The van der Waals surface area contributed by atoms with E-state index >= 15 is 0 Å². The van der Waals surface area contributed by atoms with Crippen LogP contribution in [-0.2, 0) is 4.79 Å². The first-order chi connectivity index (χ1) is 5.94. The van der Waals surface area contributed by atoms with Crippen molar-refractivity contribution in [3.8, 4) is 0 Å². The van der Waals surface area contributed by atoms with Crippen LogP contribution in [0.15, 0.2) is 0 Å². The van der Waals surface area contributed by atoms with Crippen molar-refractivity contribution in [1.29, 1.82) is 0 Å². The van der Waals surface area contributed by atoms with Crippen molar-refractivity contribution in [2.45, 2.75) is 39.2 Å². The molecule has 0 aliphatic carbocycles. The van der Waals surface area contributed by atoms with Gasteiger partial charge in [0.05, 0.1) is 18.7 Å². The lowest BCUT2D eigenvalue weighted by atomic mass is 9.95. The molecule has 1 saturated heterocycles. The molecule has 76 valence electrons. The highest BCUT2D eigenvalue weighted by atomic mass is 16.3. The molecule has 0 aromatic heterocycles. The van der Waals surface area contributed by atoms with Gasteiger partial charge < -0.3 is 10.0 Å². The molecule has 1 N–H and O–H groups in total. The van der Waals surface area contributed by atoms with E-state index in [1.165, 1.54) is 0 Å². The Morgan fingerprint density at radius 2 is 2.15 bits per heavy atom. The first-order valence-electron chi connectivity index (χ1n) is 4.95. The molecule has 3 nitrogen and oxygen atoms in total. The Morgan fingerprint density at radius 1 is 1.62 bits per heavy atom. The second-order valence-corrected chi connectivity index (χ2v) is 4.46. The fourth-order valence-corrected chi connectivity index (χ4v) is 1.52. The first kappa shape index (κ1) is 10.5. The molecule has 13 heavy (non-hydrogen) atoms. The quantitative estimate of drug-likeness (QED) is 0.713. The molecule has 0 saturated carbocycles. The summed E-state index contributed by atoms with van der Waals surface area (Å²) in [7, 11) is 0. The lowest BCUT2D eigenvalue weighted by Gasteiger charge is -2.44. The van der Waals surface area contributed by atoms with Crippen LogP contribution < -0.4 is 0 Å². The molecule has 1 rings (SSSR count). The number of amides is 1. The second-order valence-electron chi connectivity index (χ2n) is 4.46. The zero-order valence-corrected chi connectivity index (χ0v) is 8.71. The summed E-state index contributed by atoms with van der Waals surface area (Å²) >= 11 is 0. The number of hydrogen-bond donors (Lipinski definition) is 1. The minimum Gasteiger partial charge on any atom is -0.386 e. The summed E-state index contributed by atoms with van der Waals surface area (Å²) in [5.74, 6) is 0.638. The molecular weight excluding hydrogens is 166 g/mol. The highest BCUT2D eigenvalue weighted by molar-refractivity contribution is 5.77. The number of hydrogen-bond acceptors (Lipinski definition) is 2. The molecule has 1 unspecified atom stereocenters. The van der Waals surface area contributed by atoms with Gasteiger partial charge in [-0.05, 0) is 12.8 Å². The number of β-amino-alcohol motifs (C(OH)–C–C–N with tert-alkyl or cyclic N) is 1. The van der Waals surface area contributed by atoms with Crippen LogP contribution in [0.1, 0.15) is 33.6 Å².